The van der Waals surface area contributed by atoms with Crippen LogP contribution in [0.2, 0.25) is 0 Å². The van der Waals surface area contributed by atoms with E-state index >= 15 is 0 Å². The van der Waals surface area contributed by atoms with E-state index in [1.807, 2.05) is 6.07 Å². The zero-order valence-corrected chi connectivity index (χ0v) is 20.1. The largest absolute Gasteiger partial charge is 0.495 e. The smallest absolute Gasteiger partial charge is 0.257 e. The molecule has 0 saturated carbocycles. The van der Waals surface area contributed by atoms with Gasteiger partial charge in [-0.3, -0.25) is 14.4 Å². The highest BCUT2D eigenvalue weighted by Gasteiger charge is 2.32. The predicted molar refractivity (Wildman–Crippen MR) is 130 cm³/mol. The summed E-state index contributed by atoms with van der Waals surface area (Å²) in [6.45, 7) is 1.80. The van der Waals surface area contributed by atoms with Gasteiger partial charge in [-0.1, -0.05) is 42.5 Å². The molecule has 0 N–H and O–H groups in total. The van der Waals surface area contributed by atoms with E-state index < -0.39 is 5.91 Å². The van der Waals surface area contributed by atoms with Gasteiger partial charge in [-0.05, 0) is 19.1 Å². The summed E-state index contributed by atoms with van der Waals surface area (Å²) in [6.07, 6.45) is 6.41. The molecule has 2 rings (SSSR count). The second kappa shape index (κ2) is 11.1. The van der Waals surface area contributed by atoms with Gasteiger partial charge in [-0.15, -0.1) is 0 Å². The number of methoxy groups -OCH3 is 2. The molecule has 0 aromatic heterocycles. The SMILES string of the molecule is CC=Cc1c(OC)c(C=CC(=O)c2ccccc2)c(OC)c(C(=O)N(C)C)c1C(=O)N(C)C. The quantitative estimate of drug-likeness (QED) is 0.448. The number of allylic oxidation sites excluding steroid dienone is 2. The van der Waals surface area contributed by atoms with Gasteiger partial charge in [0.1, 0.15) is 11.5 Å². The van der Waals surface area contributed by atoms with E-state index in [9.17, 15) is 14.4 Å². The molecule has 0 radical (unpaired) electrons. The summed E-state index contributed by atoms with van der Waals surface area (Å²) < 4.78 is 11.3. The molecule has 33 heavy (non-hydrogen) atoms. The summed E-state index contributed by atoms with van der Waals surface area (Å²) in [7, 11) is 9.29. The van der Waals surface area contributed by atoms with Gasteiger partial charge in [0.2, 0.25) is 0 Å². The molecule has 0 aliphatic heterocycles. The van der Waals surface area contributed by atoms with E-state index in [0.717, 1.165) is 0 Å². The third-order valence-electron chi connectivity index (χ3n) is 4.92. The van der Waals surface area contributed by atoms with E-state index in [1.54, 1.807) is 77.6 Å². The number of hydrogen-bond acceptors (Lipinski definition) is 5. The van der Waals surface area contributed by atoms with Crippen molar-refractivity contribution in [1.82, 2.24) is 9.80 Å². The van der Waals surface area contributed by atoms with Crippen LogP contribution in [0.3, 0.4) is 0 Å². The number of carbonyl (C=O) groups excluding carboxylic acids is 3. The second-order valence-corrected chi connectivity index (χ2v) is 7.61. The fraction of sp³-hybridized carbons (Fsp3) is 0.269. The average molecular weight is 451 g/mol. The zero-order valence-electron chi connectivity index (χ0n) is 20.1. The molecule has 0 atom stereocenters. The van der Waals surface area contributed by atoms with Crippen molar-refractivity contribution in [1.29, 1.82) is 0 Å². The topological polar surface area (TPSA) is 76.1 Å². The van der Waals surface area contributed by atoms with Gasteiger partial charge < -0.3 is 19.3 Å². The molecule has 2 aromatic rings. The van der Waals surface area contributed by atoms with Crippen molar-refractivity contribution in [2.24, 2.45) is 0 Å². The lowest BCUT2D eigenvalue weighted by atomic mass is 9.91. The highest BCUT2D eigenvalue weighted by atomic mass is 16.5. The molecule has 0 unspecified atom stereocenters. The molecule has 0 bridgehead atoms. The molecule has 174 valence electrons. The molecular formula is C26H30N2O5. The number of hydrogen-bond donors (Lipinski definition) is 0. The first-order valence-electron chi connectivity index (χ1n) is 10.3. The highest BCUT2D eigenvalue weighted by Crippen LogP contribution is 2.42. The monoisotopic (exact) mass is 450 g/mol. The molecule has 7 heteroatoms. The fourth-order valence-electron chi connectivity index (χ4n) is 3.38. The van der Waals surface area contributed by atoms with E-state index in [-0.39, 0.29) is 28.6 Å². The fourth-order valence-corrected chi connectivity index (χ4v) is 3.38. The Morgan fingerprint density at radius 1 is 0.758 bits per heavy atom. The molecule has 0 spiro atoms. The van der Waals surface area contributed by atoms with Crippen LogP contribution in [0.25, 0.3) is 12.2 Å². The Balaban J connectivity index is 2.94. The lowest BCUT2D eigenvalue weighted by Crippen LogP contribution is -2.30. The van der Waals surface area contributed by atoms with Gasteiger partial charge >= 0.3 is 0 Å². The van der Waals surface area contributed by atoms with Gasteiger partial charge in [-0.25, -0.2) is 0 Å². The van der Waals surface area contributed by atoms with Gasteiger partial charge in [-0.2, -0.15) is 0 Å². The van der Waals surface area contributed by atoms with Crippen molar-refractivity contribution >= 4 is 29.7 Å². The minimum Gasteiger partial charge on any atom is -0.495 e. The molecule has 0 saturated heterocycles. The summed E-state index contributed by atoms with van der Waals surface area (Å²) >= 11 is 0. The first-order valence-corrected chi connectivity index (χ1v) is 10.3. The molecule has 0 heterocycles. The van der Waals surface area contributed by atoms with Crippen LogP contribution >= 0.6 is 0 Å². The number of rotatable bonds is 8. The van der Waals surface area contributed by atoms with Gasteiger partial charge in [0.05, 0.1) is 30.9 Å². The summed E-state index contributed by atoms with van der Waals surface area (Å²) in [5.41, 5.74) is 1.60. The number of carbonyl (C=O) groups is 3. The third-order valence-corrected chi connectivity index (χ3v) is 4.92. The maximum absolute atomic E-state index is 13.3. The molecule has 0 aliphatic carbocycles. The van der Waals surface area contributed by atoms with Crippen molar-refractivity contribution in [3.63, 3.8) is 0 Å². The van der Waals surface area contributed by atoms with Crippen LogP contribution in [0.4, 0.5) is 0 Å². The van der Waals surface area contributed by atoms with Crippen molar-refractivity contribution in [2.45, 2.75) is 6.92 Å². The summed E-state index contributed by atoms with van der Waals surface area (Å²) in [5.74, 6) is -0.528. The Labute approximate surface area is 194 Å². The van der Waals surface area contributed by atoms with Crippen LogP contribution in [0, 0.1) is 0 Å². The molecule has 0 aliphatic rings. The van der Waals surface area contributed by atoms with Crippen LogP contribution in [0.15, 0.2) is 42.5 Å². The van der Waals surface area contributed by atoms with E-state index in [2.05, 4.69) is 0 Å². The third kappa shape index (κ3) is 5.31. The molecule has 2 aromatic carbocycles. The van der Waals surface area contributed by atoms with E-state index in [4.69, 9.17) is 9.47 Å². The van der Waals surface area contributed by atoms with Crippen molar-refractivity contribution < 1.29 is 23.9 Å². The first-order chi connectivity index (χ1) is 15.7. The maximum Gasteiger partial charge on any atom is 0.257 e. The highest BCUT2D eigenvalue weighted by molar-refractivity contribution is 6.13. The predicted octanol–water partition coefficient (Wildman–Crippen LogP) is 4.04. The molecular weight excluding hydrogens is 420 g/mol. The molecule has 2 amide bonds. The van der Waals surface area contributed by atoms with Crippen molar-refractivity contribution in [3.8, 4) is 11.5 Å². The van der Waals surface area contributed by atoms with Crippen molar-refractivity contribution in [2.75, 3.05) is 42.4 Å². The summed E-state index contributed by atoms with van der Waals surface area (Å²) in [5, 5.41) is 0. The minimum atomic E-state index is -0.408. The number of ketones is 1. The van der Waals surface area contributed by atoms with Gasteiger partial charge in [0.15, 0.2) is 5.78 Å². The van der Waals surface area contributed by atoms with Crippen molar-refractivity contribution in [3.05, 3.63) is 70.3 Å². The average Bonchev–Trinajstić information content (AvgIpc) is 2.81. The Kier molecular flexibility index (Phi) is 8.56. The number of nitrogens with zero attached hydrogens (tertiary/aromatic N) is 2. The van der Waals surface area contributed by atoms with E-state index in [0.29, 0.717) is 22.4 Å². The van der Waals surface area contributed by atoms with Crippen LogP contribution in [0.1, 0.15) is 49.1 Å². The summed E-state index contributed by atoms with van der Waals surface area (Å²) in [6, 6.07) is 8.82. The Hall–Kier alpha value is -3.87. The standard InChI is InChI=1S/C26H30N2O5/c1-8-12-18-21(25(30)27(2)3)22(26(31)28(4)5)24(33-7)19(23(18)32-6)15-16-20(29)17-13-10-9-11-14-17/h8-16H,1-7H3. The van der Waals surface area contributed by atoms with Gasteiger partial charge in [0, 0.05) is 39.3 Å². The Morgan fingerprint density at radius 2 is 1.30 bits per heavy atom. The van der Waals surface area contributed by atoms with Crippen LogP contribution in [-0.4, -0.2) is 69.8 Å². The second-order valence-electron chi connectivity index (χ2n) is 7.61. The van der Waals surface area contributed by atoms with E-state index in [1.165, 1.54) is 30.1 Å². The lowest BCUT2D eigenvalue weighted by Gasteiger charge is -2.24. The minimum absolute atomic E-state index is 0.0990. The first kappa shape index (κ1) is 25.4. The number of benzene rings is 2. The van der Waals surface area contributed by atoms with Crippen LogP contribution in [0.5, 0.6) is 11.5 Å². The normalized spacial score (nSPS) is 11.0. The number of ether oxygens (including phenoxy) is 2. The van der Waals surface area contributed by atoms with Crippen LogP contribution < -0.4 is 9.47 Å². The molecule has 0 fully saturated rings. The Bertz CT molecular complexity index is 1100. The maximum atomic E-state index is 13.3. The lowest BCUT2D eigenvalue weighted by molar-refractivity contribution is 0.0786. The Morgan fingerprint density at radius 3 is 1.79 bits per heavy atom. The van der Waals surface area contributed by atoms with Crippen LogP contribution in [-0.2, 0) is 0 Å². The zero-order chi connectivity index (χ0) is 24.7. The molecule has 7 nitrogen and oxygen atoms in total. The van der Waals surface area contributed by atoms with Gasteiger partial charge in [0.25, 0.3) is 11.8 Å². The number of amides is 2. The summed E-state index contributed by atoms with van der Waals surface area (Å²) in [4.78, 5) is 41.9.